The number of amides is 1. The van der Waals surface area contributed by atoms with Crippen molar-refractivity contribution in [2.45, 2.75) is 13.5 Å². The SMILES string of the molecule is Cc1cc(CN)cnc1N(C)CC(=O)N(C)C. The van der Waals surface area contributed by atoms with Crippen molar-refractivity contribution in [3.05, 3.63) is 23.4 Å². The molecule has 0 spiro atoms. The van der Waals surface area contributed by atoms with Gasteiger partial charge in [-0.15, -0.1) is 0 Å². The number of hydrogen-bond acceptors (Lipinski definition) is 4. The summed E-state index contributed by atoms with van der Waals surface area (Å²) in [6.45, 7) is 2.77. The first kappa shape index (κ1) is 13.4. The van der Waals surface area contributed by atoms with Crippen LogP contribution in [-0.2, 0) is 11.3 Å². The quantitative estimate of drug-likeness (QED) is 0.820. The van der Waals surface area contributed by atoms with Crippen LogP contribution in [0.5, 0.6) is 0 Å². The van der Waals surface area contributed by atoms with E-state index in [4.69, 9.17) is 5.73 Å². The summed E-state index contributed by atoms with van der Waals surface area (Å²) in [5, 5.41) is 0. The minimum atomic E-state index is 0.0524. The van der Waals surface area contributed by atoms with E-state index in [2.05, 4.69) is 4.98 Å². The smallest absolute Gasteiger partial charge is 0.241 e. The lowest BCUT2D eigenvalue weighted by Gasteiger charge is -2.21. The Hall–Kier alpha value is -1.62. The first-order valence-corrected chi connectivity index (χ1v) is 5.52. The van der Waals surface area contributed by atoms with Crippen LogP contribution in [0.25, 0.3) is 0 Å². The van der Waals surface area contributed by atoms with E-state index in [1.165, 1.54) is 0 Å². The fourth-order valence-corrected chi connectivity index (χ4v) is 1.56. The average Bonchev–Trinajstić information content (AvgIpc) is 2.28. The number of likely N-dealkylation sites (N-methyl/N-ethyl adjacent to an activating group) is 2. The third-order valence-electron chi connectivity index (χ3n) is 2.58. The molecule has 94 valence electrons. The Morgan fingerprint density at radius 3 is 2.53 bits per heavy atom. The second-order valence-corrected chi connectivity index (χ2v) is 4.33. The number of anilines is 1. The lowest BCUT2D eigenvalue weighted by Crippen LogP contribution is -2.35. The van der Waals surface area contributed by atoms with Crippen LogP contribution in [0.15, 0.2) is 12.3 Å². The van der Waals surface area contributed by atoms with Crippen molar-refractivity contribution in [1.29, 1.82) is 0 Å². The van der Waals surface area contributed by atoms with E-state index in [1.54, 1.807) is 25.2 Å². The second-order valence-electron chi connectivity index (χ2n) is 4.33. The Morgan fingerprint density at radius 2 is 2.06 bits per heavy atom. The molecule has 5 heteroatoms. The third-order valence-corrected chi connectivity index (χ3v) is 2.58. The molecule has 0 fully saturated rings. The predicted molar refractivity (Wildman–Crippen MR) is 68.8 cm³/mol. The van der Waals surface area contributed by atoms with E-state index in [9.17, 15) is 4.79 Å². The normalized spacial score (nSPS) is 10.2. The van der Waals surface area contributed by atoms with Gasteiger partial charge in [-0.2, -0.15) is 0 Å². The van der Waals surface area contributed by atoms with Gasteiger partial charge in [0.15, 0.2) is 0 Å². The number of nitrogens with two attached hydrogens (primary N) is 1. The van der Waals surface area contributed by atoms with E-state index in [1.807, 2.05) is 24.9 Å². The van der Waals surface area contributed by atoms with Crippen molar-refractivity contribution in [2.75, 3.05) is 32.6 Å². The number of hydrogen-bond donors (Lipinski definition) is 1. The number of aromatic nitrogens is 1. The maximum atomic E-state index is 11.6. The van der Waals surface area contributed by atoms with Crippen molar-refractivity contribution < 1.29 is 4.79 Å². The summed E-state index contributed by atoms with van der Waals surface area (Å²) in [6.07, 6.45) is 1.75. The largest absolute Gasteiger partial charge is 0.350 e. The summed E-state index contributed by atoms with van der Waals surface area (Å²) in [6, 6.07) is 2.00. The topological polar surface area (TPSA) is 62.5 Å². The molecule has 0 saturated heterocycles. The Balaban J connectivity index is 2.82. The molecule has 0 unspecified atom stereocenters. The average molecular weight is 236 g/mol. The minimum absolute atomic E-state index is 0.0524. The van der Waals surface area contributed by atoms with Gasteiger partial charge in [0.2, 0.25) is 5.91 Å². The fourth-order valence-electron chi connectivity index (χ4n) is 1.56. The fraction of sp³-hybridized carbons (Fsp3) is 0.500. The molecule has 0 bridgehead atoms. The molecular formula is C12H20N4O. The van der Waals surface area contributed by atoms with Crippen molar-refractivity contribution in [1.82, 2.24) is 9.88 Å². The third kappa shape index (κ3) is 3.42. The van der Waals surface area contributed by atoms with Crippen LogP contribution in [0.1, 0.15) is 11.1 Å². The Morgan fingerprint density at radius 1 is 1.41 bits per heavy atom. The summed E-state index contributed by atoms with van der Waals surface area (Å²) in [4.78, 5) is 19.3. The molecule has 0 atom stereocenters. The standard InChI is InChI=1S/C12H20N4O/c1-9-5-10(6-13)7-14-12(9)16(4)8-11(17)15(2)3/h5,7H,6,8,13H2,1-4H3. The Kier molecular flexibility index (Phi) is 4.45. The van der Waals surface area contributed by atoms with E-state index in [0.29, 0.717) is 13.1 Å². The molecule has 5 nitrogen and oxygen atoms in total. The molecule has 0 aliphatic rings. The molecule has 1 heterocycles. The number of carbonyl (C=O) groups is 1. The number of rotatable bonds is 4. The molecular weight excluding hydrogens is 216 g/mol. The second kappa shape index (κ2) is 5.63. The highest BCUT2D eigenvalue weighted by Crippen LogP contribution is 2.16. The van der Waals surface area contributed by atoms with E-state index in [-0.39, 0.29) is 5.91 Å². The van der Waals surface area contributed by atoms with Gasteiger partial charge in [0.25, 0.3) is 0 Å². The molecule has 0 radical (unpaired) electrons. The summed E-state index contributed by atoms with van der Waals surface area (Å²) in [7, 11) is 5.35. The van der Waals surface area contributed by atoms with Crippen LogP contribution in [0.3, 0.4) is 0 Å². The number of aryl methyl sites for hydroxylation is 1. The van der Waals surface area contributed by atoms with Gasteiger partial charge in [0.05, 0.1) is 6.54 Å². The number of nitrogens with zero attached hydrogens (tertiary/aromatic N) is 3. The van der Waals surface area contributed by atoms with Crippen molar-refractivity contribution in [3.63, 3.8) is 0 Å². The van der Waals surface area contributed by atoms with Crippen LogP contribution in [0.4, 0.5) is 5.82 Å². The van der Waals surface area contributed by atoms with Crippen molar-refractivity contribution in [2.24, 2.45) is 5.73 Å². The van der Waals surface area contributed by atoms with Gasteiger partial charge in [0, 0.05) is 33.9 Å². The summed E-state index contributed by atoms with van der Waals surface area (Å²) < 4.78 is 0. The molecule has 0 aliphatic carbocycles. The Labute approximate surface area is 102 Å². The molecule has 0 aliphatic heterocycles. The molecule has 2 N–H and O–H groups in total. The van der Waals surface area contributed by atoms with E-state index >= 15 is 0 Å². The number of pyridine rings is 1. The molecule has 0 aromatic carbocycles. The first-order chi connectivity index (χ1) is 7.95. The monoisotopic (exact) mass is 236 g/mol. The highest BCUT2D eigenvalue weighted by atomic mass is 16.2. The van der Waals surface area contributed by atoms with Gasteiger partial charge >= 0.3 is 0 Å². The zero-order valence-electron chi connectivity index (χ0n) is 10.9. The van der Waals surface area contributed by atoms with Gasteiger partial charge in [-0.25, -0.2) is 4.98 Å². The van der Waals surface area contributed by atoms with Gasteiger partial charge in [0.1, 0.15) is 5.82 Å². The lowest BCUT2D eigenvalue weighted by molar-refractivity contribution is -0.127. The van der Waals surface area contributed by atoms with Crippen LogP contribution in [0.2, 0.25) is 0 Å². The predicted octanol–water partition coefficient (Wildman–Crippen LogP) is 0.373. The van der Waals surface area contributed by atoms with E-state index < -0.39 is 0 Å². The van der Waals surface area contributed by atoms with Crippen molar-refractivity contribution in [3.8, 4) is 0 Å². The molecule has 17 heavy (non-hydrogen) atoms. The van der Waals surface area contributed by atoms with Crippen LogP contribution in [-0.4, -0.2) is 43.5 Å². The minimum Gasteiger partial charge on any atom is -0.350 e. The zero-order chi connectivity index (χ0) is 13.0. The molecule has 0 saturated carbocycles. The van der Waals surface area contributed by atoms with Crippen LogP contribution < -0.4 is 10.6 Å². The van der Waals surface area contributed by atoms with Crippen LogP contribution >= 0.6 is 0 Å². The lowest BCUT2D eigenvalue weighted by atomic mass is 10.2. The zero-order valence-corrected chi connectivity index (χ0v) is 10.9. The molecule has 1 aromatic rings. The number of carbonyl (C=O) groups excluding carboxylic acids is 1. The molecule has 1 aromatic heterocycles. The maximum absolute atomic E-state index is 11.6. The van der Waals surface area contributed by atoms with Crippen LogP contribution in [0, 0.1) is 6.92 Å². The summed E-state index contributed by atoms with van der Waals surface area (Å²) in [5.41, 5.74) is 7.58. The molecule has 1 rings (SSSR count). The first-order valence-electron chi connectivity index (χ1n) is 5.52. The van der Waals surface area contributed by atoms with Gasteiger partial charge in [-0.3, -0.25) is 4.79 Å². The van der Waals surface area contributed by atoms with Gasteiger partial charge in [-0.1, -0.05) is 0 Å². The highest BCUT2D eigenvalue weighted by molar-refractivity contribution is 5.80. The van der Waals surface area contributed by atoms with Gasteiger partial charge < -0.3 is 15.5 Å². The summed E-state index contributed by atoms with van der Waals surface area (Å²) >= 11 is 0. The van der Waals surface area contributed by atoms with Gasteiger partial charge in [-0.05, 0) is 24.1 Å². The molecule has 1 amide bonds. The maximum Gasteiger partial charge on any atom is 0.241 e. The Bertz CT molecular complexity index is 403. The summed E-state index contributed by atoms with van der Waals surface area (Å²) in [5.74, 6) is 0.869. The van der Waals surface area contributed by atoms with Crippen molar-refractivity contribution >= 4 is 11.7 Å². The highest BCUT2D eigenvalue weighted by Gasteiger charge is 2.12. The van der Waals surface area contributed by atoms with E-state index in [0.717, 1.165) is 16.9 Å².